The Labute approximate surface area is 175 Å². The largest absolute Gasteiger partial charge is 0.308 e. The number of carbonyl (C=O) groups excluding carboxylic acids is 1. The van der Waals surface area contributed by atoms with E-state index in [-0.39, 0.29) is 5.91 Å². The van der Waals surface area contributed by atoms with Crippen molar-refractivity contribution in [2.45, 2.75) is 30.4 Å². The topological polar surface area (TPSA) is 36.4 Å². The molecule has 1 heterocycles. The summed E-state index contributed by atoms with van der Waals surface area (Å²) in [6.45, 7) is 5.80. The molecular formula is C22H27N3OS2. The van der Waals surface area contributed by atoms with E-state index < -0.39 is 0 Å². The van der Waals surface area contributed by atoms with Gasteiger partial charge in [-0.25, -0.2) is 4.98 Å². The number of likely N-dealkylation sites (N-methyl/N-ethyl adjacent to an activating group) is 1. The summed E-state index contributed by atoms with van der Waals surface area (Å²) < 4.78 is 1.11. The summed E-state index contributed by atoms with van der Waals surface area (Å²) in [7, 11) is 4.04. The highest BCUT2D eigenvalue weighted by atomic mass is 32.2. The molecule has 3 aromatic rings. The first kappa shape index (κ1) is 20.8. The zero-order valence-electron chi connectivity index (χ0n) is 16.9. The molecule has 0 unspecified atom stereocenters. The predicted molar refractivity (Wildman–Crippen MR) is 122 cm³/mol. The molecule has 28 heavy (non-hydrogen) atoms. The van der Waals surface area contributed by atoms with Crippen LogP contribution < -0.4 is 4.90 Å². The number of amides is 1. The monoisotopic (exact) mass is 413 g/mol. The number of thiazole rings is 1. The summed E-state index contributed by atoms with van der Waals surface area (Å²) >= 11 is 3.41. The fourth-order valence-electron chi connectivity index (χ4n) is 2.83. The Morgan fingerprint density at radius 3 is 2.43 bits per heavy atom. The van der Waals surface area contributed by atoms with E-state index in [2.05, 4.69) is 49.1 Å². The molecule has 3 rings (SSSR count). The number of carbonyl (C=O) groups is 1. The van der Waals surface area contributed by atoms with Crippen LogP contribution in [0.15, 0.2) is 53.4 Å². The van der Waals surface area contributed by atoms with Crippen LogP contribution in [0.25, 0.3) is 10.2 Å². The Hall–Kier alpha value is -1.89. The van der Waals surface area contributed by atoms with Crippen LogP contribution in [0.2, 0.25) is 0 Å². The number of fused-ring (bicyclic) bond motifs is 1. The van der Waals surface area contributed by atoms with Crippen molar-refractivity contribution in [2.24, 2.45) is 0 Å². The van der Waals surface area contributed by atoms with Gasteiger partial charge in [-0.05, 0) is 43.9 Å². The minimum atomic E-state index is 0.0881. The van der Waals surface area contributed by atoms with E-state index in [0.717, 1.165) is 27.5 Å². The average molecular weight is 414 g/mol. The second-order valence-electron chi connectivity index (χ2n) is 7.30. The molecule has 0 bridgehead atoms. The quantitative estimate of drug-likeness (QED) is 0.491. The van der Waals surface area contributed by atoms with Gasteiger partial charge in [-0.15, -0.1) is 11.8 Å². The van der Waals surface area contributed by atoms with Gasteiger partial charge in [0.2, 0.25) is 5.91 Å². The summed E-state index contributed by atoms with van der Waals surface area (Å²) in [6.07, 6.45) is 0.385. The van der Waals surface area contributed by atoms with Crippen molar-refractivity contribution in [3.05, 3.63) is 54.1 Å². The van der Waals surface area contributed by atoms with E-state index in [0.29, 0.717) is 18.2 Å². The molecular weight excluding hydrogens is 386 g/mol. The van der Waals surface area contributed by atoms with Gasteiger partial charge in [0.15, 0.2) is 5.13 Å². The molecule has 0 radical (unpaired) electrons. The van der Waals surface area contributed by atoms with Gasteiger partial charge < -0.3 is 4.90 Å². The highest BCUT2D eigenvalue weighted by Crippen LogP contribution is 2.29. The lowest BCUT2D eigenvalue weighted by molar-refractivity contribution is -0.118. The van der Waals surface area contributed by atoms with Gasteiger partial charge in [0.25, 0.3) is 0 Å². The molecule has 0 saturated heterocycles. The molecule has 0 atom stereocenters. The third-order valence-corrected chi connectivity index (χ3v) is 6.31. The second-order valence-corrected chi connectivity index (χ2v) is 9.96. The maximum atomic E-state index is 13.1. The van der Waals surface area contributed by atoms with Gasteiger partial charge in [-0.2, -0.15) is 0 Å². The summed E-state index contributed by atoms with van der Waals surface area (Å²) in [4.78, 5) is 23.0. The summed E-state index contributed by atoms with van der Waals surface area (Å²) in [5, 5.41) is 1.33. The van der Waals surface area contributed by atoms with Crippen molar-refractivity contribution in [1.82, 2.24) is 9.88 Å². The molecule has 4 nitrogen and oxygen atoms in total. The lowest BCUT2D eigenvalue weighted by Crippen LogP contribution is -2.37. The second kappa shape index (κ2) is 9.54. The fraction of sp³-hybridized carbons (Fsp3) is 0.364. The van der Waals surface area contributed by atoms with E-state index in [1.807, 2.05) is 49.0 Å². The van der Waals surface area contributed by atoms with Gasteiger partial charge in [-0.1, -0.05) is 49.4 Å². The van der Waals surface area contributed by atoms with Crippen LogP contribution in [0.3, 0.4) is 0 Å². The molecule has 0 aliphatic carbocycles. The third-order valence-electron chi connectivity index (χ3n) is 4.24. The highest BCUT2D eigenvalue weighted by molar-refractivity contribution is 7.99. The third kappa shape index (κ3) is 5.56. The molecule has 0 N–H and O–H groups in total. The Morgan fingerprint density at radius 2 is 1.79 bits per heavy atom. The van der Waals surface area contributed by atoms with Crippen LogP contribution in [-0.2, 0) is 11.2 Å². The van der Waals surface area contributed by atoms with Crippen LogP contribution in [-0.4, -0.2) is 48.2 Å². The number of aromatic nitrogens is 1. The SMILES string of the molecule is CC(C)Sc1ccc(CC(=O)N(CCN(C)C)c2nc3ccccc3s2)cc1. The van der Waals surface area contributed by atoms with E-state index in [1.165, 1.54) is 4.90 Å². The smallest absolute Gasteiger partial charge is 0.233 e. The number of hydrogen-bond acceptors (Lipinski definition) is 5. The fourth-order valence-corrected chi connectivity index (χ4v) is 4.68. The first-order chi connectivity index (χ1) is 13.4. The molecule has 6 heteroatoms. The van der Waals surface area contributed by atoms with Crippen molar-refractivity contribution in [2.75, 3.05) is 32.1 Å². The zero-order chi connectivity index (χ0) is 20.1. The van der Waals surface area contributed by atoms with Crippen LogP contribution >= 0.6 is 23.1 Å². The first-order valence-electron chi connectivity index (χ1n) is 9.48. The molecule has 0 aliphatic rings. The minimum Gasteiger partial charge on any atom is -0.308 e. The molecule has 1 amide bonds. The lowest BCUT2D eigenvalue weighted by atomic mass is 10.1. The van der Waals surface area contributed by atoms with Gasteiger partial charge in [0.05, 0.1) is 16.6 Å². The molecule has 0 fully saturated rings. The predicted octanol–water partition coefficient (Wildman–Crippen LogP) is 4.93. The highest BCUT2D eigenvalue weighted by Gasteiger charge is 2.20. The molecule has 148 valence electrons. The van der Waals surface area contributed by atoms with E-state index in [1.54, 1.807) is 11.3 Å². The van der Waals surface area contributed by atoms with Crippen LogP contribution in [0, 0.1) is 0 Å². The molecule has 1 aromatic heterocycles. The number of hydrogen-bond donors (Lipinski definition) is 0. The van der Waals surface area contributed by atoms with E-state index in [4.69, 9.17) is 4.98 Å². The van der Waals surface area contributed by atoms with Crippen LogP contribution in [0.4, 0.5) is 5.13 Å². The first-order valence-corrected chi connectivity index (χ1v) is 11.2. The maximum Gasteiger partial charge on any atom is 0.233 e. The molecule has 0 spiro atoms. The lowest BCUT2D eigenvalue weighted by Gasteiger charge is -2.22. The number of benzene rings is 2. The normalized spacial score (nSPS) is 11.5. The standard InChI is InChI=1S/C22H27N3OS2/c1-16(2)27-18-11-9-17(10-12-18)15-21(26)25(14-13-24(3)4)22-23-19-7-5-6-8-20(19)28-22/h5-12,16H,13-15H2,1-4H3. The Bertz CT molecular complexity index is 886. The van der Waals surface area contributed by atoms with Gasteiger partial charge in [0, 0.05) is 23.2 Å². The van der Waals surface area contributed by atoms with Gasteiger partial charge >= 0.3 is 0 Å². The van der Waals surface area contributed by atoms with E-state index in [9.17, 15) is 4.79 Å². The van der Waals surface area contributed by atoms with Crippen molar-refractivity contribution in [3.63, 3.8) is 0 Å². The Balaban J connectivity index is 1.78. The van der Waals surface area contributed by atoms with Crippen LogP contribution in [0.5, 0.6) is 0 Å². The number of anilines is 1. The molecule has 0 aliphatic heterocycles. The molecule has 0 saturated carbocycles. The van der Waals surface area contributed by atoms with Gasteiger partial charge in [0.1, 0.15) is 0 Å². The Morgan fingerprint density at radius 1 is 1.07 bits per heavy atom. The minimum absolute atomic E-state index is 0.0881. The maximum absolute atomic E-state index is 13.1. The number of para-hydroxylation sites is 1. The summed E-state index contributed by atoms with van der Waals surface area (Å²) in [6, 6.07) is 16.4. The van der Waals surface area contributed by atoms with Gasteiger partial charge in [-0.3, -0.25) is 9.69 Å². The van der Waals surface area contributed by atoms with E-state index >= 15 is 0 Å². The summed E-state index contributed by atoms with van der Waals surface area (Å²) in [5.41, 5.74) is 1.98. The zero-order valence-corrected chi connectivity index (χ0v) is 18.5. The summed E-state index contributed by atoms with van der Waals surface area (Å²) in [5.74, 6) is 0.0881. The van der Waals surface area contributed by atoms with Crippen molar-refractivity contribution >= 4 is 44.4 Å². The number of nitrogens with zero attached hydrogens (tertiary/aromatic N) is 3. The van der Waals surface area contributed by atoms with Crippen molar-refractivity contribution < 1.29 is 4.79 Å². The van der Waals surface area contributed by atoms with Crippen molar-refractivity contribution in [3.8, 4) is 0 Å². The van der Waals surface area contributed by atoms with Crippen LogP contribution in [0.1, 0.15) is 19.4 Å². The Kier molecular flexibility index (Phi) is 7.10. The van der Waals surface area contributed by atoms with Crippen molar-refractivity contribution in [1.29, 1.82) is 0 Å². The average Bonchev–Trinajstić information content (AvgIpc) is 3.06. The number of rotatable bonds is 8. The molecule has 2 aromatic carbocycles. The number of thioether (sulfide) groups is 1.